The molecule has 1 saturated carbocycles. The van der Waals surface area contributed by atoms with E-state index in [4.69, 9.17) is 15.9 Å². The van der Waals surface area contributed by atoms with Gasteiger partial charge in [-0.2, -0.15) is 0 Å². The highest BCUT2D eigenvalue weighted by Crippen LogP contribution is 2.17. The maximum atomic E-state index is 10.9. The molecule has 0 spiro atoms. The molecule has 2 rings (SSSR count). The number of nitrogens with two attached hydrogens (primary N) is 2. The SMILES string of the molecule is I.NC(=O)c1ccc(CN=C(N)NC2CCCCCC2)o1. The van der Waals surface area contributed by atoms with Gasteiger partial charge in [0.1, 0.15) is 12.3 Å². The number of hydrogen-bond donors (Lipinski definition) is 3. The summed E-state index contributed by atoms with van der Waals surface area (Å²) in [5.41, 5.74) is 11.0. The number of guanidine groups is 1. The lowest BCUT2D eigenvalue weighted by molar-refractivity contribution is 0.0972. The Kier molecular flexibility index (Phi) is 7.55. The van der Waals surface area contributed by atoms with E-state index >= 15 is 0 Å². The van der Waals surface area contributed by atoms with E-state index in [0.717, 1.165) is 12.8 Å². The van der Waals surface area contributed by atoms with Gasteiger partial charge in [0.2, 0.25) is 0 Å². The minimum Gasteiger partial charge on any atom is -0.454 e. The summed E-state index contributed by atoms with van der Waals surface area (Å²) in [5, 5.41) is 3.25. The standard InChI is InChI=1S/C14H22N4O2.HI/c15-13(19)12-8-7-11(20-12)9-17-14(16)18-10-5-3-1-2-4-6-10;/h7-8,10H,1-6,9H2,(H2,15,19)(H3,16,17,18);1H. The first-order chi connectivity index (χ1) is 9.65. The summed E-state index contributed by atoms with van der Waals surface area (Å²) in [4.78, 5) is 15.1. The molecule has 0 atom stereocenters. The molecule has 118 valence electrons. The van der Waals surface area contributed by atoms with Crippen molar-refractivity contribution in [2.24, 2.45) is 16.5 Å². The van der Waals surface area contributed by atoms with Crippen molar-refractivity contribution in [3.05, 3.63) is 23.7 Å². The van der Waals surface area contributed by atoms with Crippen molar-refractivity contribution in [1.29, 1.82) is 0 Å². The smallest absolute Gasteiger partial charge is 0.284 e. The summed E-state index contributed by atoms with van der Waals surface area (Å²) in [5.74, 6) is 0.564. The number of rotatable bonds is 4. The van der Waals surface area contributed by atoms with Crippen LogP contribution in [-0.2, 0) is 6.54 Å². The molecule has 0 saturated heterocycles. The second kappa shape index (κ2) is 8.91. The van der Waals surface area contributed by atoms with E-state index in [0.29, 0.717) is 24.3 Å². The first-order valence-electron chi connectivity index (χ1n) is 7.10. The quantitative estimate of drug-likeness (QED) is 0.308. The number of nitrogens with one attached hydrogen (secondary N) is 1. The van der Waals surface area contributed by atoms with Gasteiger partial charge >= 0.3 is 0 Å². The highest BCUT2D eigenvalue weighted by molar-refractivity contribution is 14.0. The van der Waals surface area contributed by atoms with Crippen LogP contribution in [0.5, 0.6) is 0 Å². The number of amides is 1. The third kappa shape index (κ3) is 5.94. The van der Waals surface area contributed by atoms with Gasteiger partial charge in [0, 0.05) is 6.04 Å². The summed E-state index contributed by atoms with van der Waals surface area (Å²) < 4.78 is 5.24. The normalized spacial score (nSPS) is 16.9. The van der Waals surface area contributed by atoms with Gasteiger partial charge in [-0.15, -0.1) is 24.0 Å². The van der Waals surface area contributed by atoms with Crippen LogP contribution in [0.3, 0.4) is 0 Å². The van der Waals surface area contributed by atoms with Crippen molar-refractivity contribution in [3.63, 3.8) is 0 Å². The molecule has 7 heteroatoms. The zero-order valence-corrected chi connectivity index (χ0v) is 14.3. The van der Waals surface area contributed by atoms with Gasteiger partial charge in [-0.25, -0.2) is 4.99 Å². The van der Waals surface area contributed by atoms with Crippen LogP contribution in [0.4, 0.5) is 0 Å². The molecule has 0 aromatic carbocycles. The summed E-state index contributed by atoms with van der Waals surface area (Å²) in [7, 11) is 0. The van der Waals surface area contributed by atoms with Crippen LogP contribution < -0.4 is 16.8 Å². The van der Waals surface area contributed by atoms with Crippen molar-refractivity contribution in [1.82, 2.24) is 5.32 Å². The number of halogens is 1. The second-order valence-electron chi connectivity index (χ2n) is 5.16. The average molecular weight is 406 g/mol. The minimum atomic E-state index is -0.579. The number of furan rings is 1. The number of carbonyl (C=O) groups is 1. The lowest BCUT2D eigenvalue weighted by Crippen LogP contribution is -2.39. The lowest BCUT2D eigenvalue weighted by Gasteiger charge is -2.16. The van der Waals surface area contributed by atoms with Crippen molar-refractivity contribution in [2.45, 2.75) is 51.1 Å². The van der Waals surface area contributed by atoms with Crippen molar-refractivity contribution < 1.29 is 9.21 Å². The summed E-state index contributed by atoms with van der Waals surface area (Å²) in [6.45, 7) is 0.304. The van der Waals surface area contributed by atoms with Crippen molar-refractivity contribution >= 4 is 35.8 Å². The van der Waals surface area contributed by atoms with E-state index in [9.17, 15) is 4.79 Å². The molecule has 6 nitrogen and oxygen atoms in total. The molecular weight excluding hydrogens is 383 g/mol. The molecular formula is C14H23IN4O2. The Hall–Kier alpha value is -1.25. The maximum absolute atomic E-state index is 10.9. The molecule has 1 aliphatic rings. The van der Waals surface area contributed by atoms with E-state index in [1.807, 2.05) is 0 Å². The minimum absolute atomic E-state index is 0. The number of carbonyl (C=O) groups excluding carboxylic acids is 1. The highest BCUT2D eigenvalue weighted by atomic mass is 127. The van der Waals surface area contributed by atoms with Crippen LogP contribution in [0.25, 0.3) is 0 Å². The molecule has 0 bridgehead atoms. The third-order valence-electron chi connectivity index (χ3n) is 3.52. The predicted molar refractivity (Wildman–Crippen MR) is 92.6 cm³/mol. The van der Waals surface area contributed by atoms with Crippen molar-refractivity contribution in [2.75, 3.05) is 0 Å². The third-order valence-corrected chi connectivity index (χ3v) is 3.52. The molecule has 0 aliphatic heterocycles. The molecule has 21 heavy (non-hydrogen) atoms. The zero-order chi connectivity index (χ0) is 14.4. The topological polar surface area (TPSA) is 107 Å². The van der Waals surface area contributed by atoms with E-state index in [-0.39, 0.29) is 29.7 Å². The first-order valence-corrected chi connectivity index (χ1v) is 7.10. The average Bonchev–Trinajstić information content (AvgIpc) is 2.75. The first kappa shape index (κ1) is 17.8. The van der Waals surface area contributed by atoms with Gasteiger partial charge in [-0.1, -0.05) is 25.7 Å². The number of nitrogens with zero attached hydrogens (tertiary/aromatic N) is 1. The number of hydrogen-bond acceptors (Lipinski definition) is 3. The van der Waals surface area contributed by atoms with Crippen LogP contribution in [0.1, 0.15) is 54.8 Å². The Balaban J connectivity index is 0.00000220. The highest BCUT2D eigenvalue weighted by Gasteiger charge is 2.12. The van der Waals surface area contributed by atoms with Gasteiger partial charge in [0.25, 0.3) is 5.91 Å². The monoisotopic (exact) mass is 406 g/mol. The van der Waals surface area contributed by atoms with Crippen LogP contribution in [-0.4, -0.2) is 17.9 Å². The van der Waals surface area contributed by atoms with Gasteiger partial charge in [-0.05, 0) is 25.0 Å². The number of primary amides is 1. The van der Waals surface area contributed by atoms with E-state index < -0.39 is 5.91 Å². The fraction of sp³-hybridized carbons (Fsp3) is 0.571. The second-order valence-corrected chi connectivity index (χ2v) is 5.16. The van der Waals surface area contributed by atoms with Gasteiger partial charge in [0.15, 0.2) is 11.7 Å². The van der Waals surface area contributed by atoms with Gasteiger partial charge < -0.3 is 21.2 Å². The molecule has 1 heterocycles. The molecule has 1 aromatic rings. The van der Waals surface area contributed by atoms with Crippen LogP contribution in [0.15, 0.2) is 21.5 Å². The molecule has 0 radical (unpaired) electrons. The molecule has 1 amide bonds. The van der Waals surface area contributed by atoms with Crippen LogP contribution in [0.2, 0.25) is 0 Å². The molecule has 1 fully saturated rings. The van der Waals surface area contributed by atoms with E-state index in [1.54, 1.807) is 12.1 Å². The largest absolute Gasteiger partial charge is 0.454 e. The maximum Gasteiger partial charge on any atom is 0.284 e. The Labute approximate surface area is 141 Å². The lowest BCUT2D eigenvalue weighted by atomic mass is 10.1. The van der Waals surface area contributed by atoms with E-state index in [1.165, 1.54) is 25.7 Å². The Morgan fingerprint density at radius 2 is 1.90 bits per heavy atom. The van der Waals surface area contributed by atoms with Gasteiger partial charge in [-0.3, -0.25) is 4.79 Å². The predicted octanol–water partition coefficient (Wildman–Crippen LogP) is 2.12. The molecule has 5 N–H and O–H groups in total. The summed E-state index contributed by atoms with van der Waals surface area (Å²) in [6, 6.07) is 3.64. The van der Waals surface area contributed by atoms with Crippen molar-refractivity contribution in [3.8, 4) is 0 Å². The molecule has 0 unspecified atom stereocenters. The zero-order valence-electron chi connectivity index (χ0n) is 12.0. The van der Waals surface area contributed by atoms with E-state index in [2.05, 4.69) is 10.3 Å². The Bertz CT molecular complexity index is 479. The number of aliphatic imine (C=N–C) groups is 1. The fourth-order valence-electron chi connectivity index (χ4n) is 2.44. The Morgan fingerprint density at radius 1 is 1.24 bits per heavy atom. The summed E-state index contributed by atoms with van der Waals surface area (Å²) >= 11 is 0. The van der Waals surface area contributed by atoms with Crippen LogP contribution in [0, 0.1) is 0 Å². The molecule has 1 aliphatic carbocycles. The fourth-order valence-corrected chi connectivity index (χ4v) is 2.44. The Morgan fingerprint density at radius 3 is 2.48 bits per heavy atom. The molecule has 1 aromatic heterocycles. The van der Waals surface area contributed by atoms with Gasteiger partial charge in [0.05, 0.1) is 0 Å². The van der Waals surface area contributed by atoms with Crippen LogP contribution >= 0.6 is 24.0 Å². The summed E-state index contributed by atoms with van der Waals surface area (Å²) in [6.07, 6.45) is 7.37.